The van der Waals surface area contributed by atoms with E-state index in [1.165, 1.54) is 12.3 Å². The molecule has 3 rings (SSSR count). The van der Waals surface area contributed by atoms with Crippen LogP contribution in [-0.4, -0.2) is 21.6 Å². The van der Waals surface area contributed by atoms with Gasteiger partial charge >= 0.3 is 6.18 Å². The highest BCUT2D eigenvalue weighted by Gasteiger charge is 2.30. The molecule has 10 heteroatoms. The van der Waals surface area contributed by atoms with E-state index in [-0.39, 0.29) is 11.5 Å². The minimum absolute atomic E-state index is 0.193. The average Bonchev–Trinajstić information content (AvgIpc) is 2.55. The standard InChI is InChI=1S/C13H10F3N7/c14-13(15,16)7-1-3-9(18-5-7)11-20-22-12(23-21-11)10-4-2-8(17)6-19-10/h1-6H,17H2,(H,20,21)(H,22,23). The highest BCUT2D eigenvalue weighted by atomic mass is 19.4. The van der Waals surface area contributed by atoms with Gasteiger partial charge < -0.3 is 5.73 Å². The molecule has 23 heavy (non-hydrogen) atoms. The summed E-state index contributed by atoms with van der Waals surface area (Å²) in [5.74, 6) is 0.540. The van der Waals surface area contributed by atoms with Crippen LogP contribution >= 0.6 is 0 Å². The molecule has 0 fully saturated rings. The van der Waals surface area contributed by atoms with Gasteiger partial charge in [-0.1, -0.05) is 0 Å². The lowest BCUT2D eigenvalue weighted by Gasteiger charge is -2.16. The summed E-state index contributed by atoms with van der Waals surface area (Å²) in [5, 5.41) is 7.81. The molecule has 0 saturated heterocycles. The van der Waals surface area contributed by atoms with Crippen LogP contribution in [0.25, 0.3) is 0 Å². The molecule has 2 aromatic rings. The number of anilines is 1. The van der Waals surface area contributed by atoms with Crippen molar-refractivity contribution in [1.29, 1.82) is 0 Å². The van der Waals surface area contributed by atoms with Crippen LogP contribution in [0.5, 0.6) is 0 Å². The molecule has 0 radical (unpaired) electrons. The second-order valence-corrected chi connectivity index (χ2v) is 4.55. The van der Waals surface area contributed by atoms with Crippen molar-refractivity contribution in [2.45, 2.75) is 6.18 Å². The first-order valence-corrected chi connectivity index (χ1v) is 6.37. The van der Waals surface area contributed by atoms with Crippen LogP contribution in [0.4, 0.5) is 18.9 Å². The van der Waals surface area contributed by atoms with Crippen molar-refractivity contribution in [2.75, 3.05) is 5.73 Å². The Labute approximate surface area is 128 Å². The highest BCUT2D eigenvalue weighted by Crippen LogP contribution is 2.28. The Morgan fingerprint density at radius 1 is 0.826 bits per heavy atom. The molecule has 1 aliphatic rings. The highest BCUT2D eigenvalue weighted by molar-refractivity contribution is 6.04. The molecule has 118 valence electrons. The molecule has 0 aliphatic carbocycles. The van der Waals surface area contributed by atoms with Gasteiger partial charge in [0.15, 0.2) is 11.7 Å². The summed E-state index contributed by atoms with van der Waals surface area (Å²) in [7, 11) is 0. The zero-order chi connectivity index (χ0) is 16.4. The maximum Gasteiger partial charge on any atom is 0.417 e. The number of rotatable bonds is 2. The van der Waals surface area contributed by atoms with E-state index in [1.807, 2.05) is 0 Å². The van der Waals surface area contributed by atoms with Crippen molar-refractivity contribution in [2.24, 2.45) is 10.2 Å². The van der Waals surface area contributed by atoms with E-state index in [4.69, 9.17) is 5.73 Å². The fraction of sp³-hybridized carbons (Fsp3) is 0.0769. The monoisotopic (exact) mass is 321 g/mol. The van der Waals surface area contributed by atoms with E-state index in [1.54, 1.807) is 12.1 Å². The van der Waals surface area contributed by atoms with Gasteiger partial charge in [0.05, 0.1) is 17.4 Å². The van der Waals surface area contributed by atoms with Crippen LogP contribution in [0.2, 0.25) is 0 Å². The predicted molar refractivity (Wildman–Crippen MR) is 77.2 cm³/mol. The van der Waals surface area contributed by atoms with Crippen LogP contribution in [0.1, 0.15) is 17.0 Å². The van der Waals surface area contributed by atoms with E-state index in [2.05, 4.69) is 31.0 Å². The van der Waals surface area contributed by atoms with Crippen LogP contribution in [0.15, 0.2) is 46.9 Å². The van der Waals surface area contributed by atoms with Gasteiger partial charge in [0.1, 0.15) is 11.4 Å². The van der Waals surface area contributed by atoms with Crippen molar-refractivity contribution in [3.05, 3.63) is 53.6 Å². The third-order valence-electron chi connectivity index (χ3n) is 2.91. The van der Waals surface area contributed by atoms with Crippen molar-refractivity contribution in [3.63, 3.8) is 0 Å². The quantitative estimate of drug-likeness (QED) is 0.774. The Kier molecular flexibility index (Phi) is 3.56. The van der Waals surface area contributed by atoms with Crippen molar-refractivity contribution >= 4 is 17.4 Å². The number of pyridine rings is 2. The summed E-state index contributed by atoms with van der Waals surface area (Å²) in [4.78, 5) is 7.79. The van der Waals surface area contributed by atoms with Crippen molar-refractivity contribution < 1.29 is 13.2 Å². The fourth-order valence-corrected chi connectivity index (χ4v) is 1.75. The Bertz CT molecular complexity index is 764. The molecular weight excluding hydrogens is 311 g/mol. The van der Waals surface area contributed by atoms with Crippen LogP contribution in [-0.2, 0) is 6.18 Å². The van der Waals surface area contributed by atoms with Gasteiger partial charge in [-0.05, 0) is 24.3 Å². The second-order valence-electron chi connectivity index (χ2n) is 4.55. The van der Waals surface area contributed by atoms with E-state index in [9.17, 15) is 13.2 Å². The predicted octanol–water partition coefficient (Wildman–Crippen LogP) is 1.29. The largest absolute Gasteiger partial charge is 0.417 e. The first-order chi connectivity index (χ1) is 10.9. The number of nitrogen functional groups attached to an aromatic ring is 1. The van der Waals surface area contributed by atoms with Gasteiger partial charge in [0.2, 0.25) is 0 Å². The molecule has 0 aromatic carbocycles. The molecule has 4 N–H and O–H groups in total. The molecule has 0 bridgehead atoms. The van der Waals surface area contributed by atoms with E-state index in [0.29, 0.717) is 17.2 Å². The SMILES string of the molecule is Nc1ccc(C2=NN=C(c3ccc(C(F)(F)F)cn3)NN2)nc1. The second kappa shape index (κ2) is 5.55. The number of alkyl halides is 3. The lowest BCUT2D eigenvalue weighted by atomic mass is 10.2. The molecule has 0 spiro atoms. The number of aromatic nitrogens is 2. The van der Waals surface area contributed by atoms with Crippen LogP contribution in [0.3, 0.4) is 0 Å². The minimum Gasteiger partial charge on any atom is -0.397 e. The molecule has 2 aromatic heterocycles. The third kappa shape index (κ3) is 3.20. The Morgan fingerprint density at radius 3 is 1.78 bits per heavy atom. The molecule has 7 nitrogen and oxygen atoms in total. The normalized spacial score (nSPS) is 14.4. The summed E-state index contributed by atoms with van der Waals surface area (Å²) in [5.41, 5.74) is 11.4. The first-order valence-electron chi connectivity index (χ1n) is 6.37. The average molecular weight is 321 g/mol. The lowest BCUT2D eigenvalue weighted by molar-refractivity contribution is -0.137. The van der Waals surface area contributed by atoms with Gasteiger partial charge in [-0.25, -0.2) is 0 Å². The molecule has 3 heterocycles. The molecule has 0 unspecified atom stereocenters. The van der Waals surface area contributed by atoms with Crippen molar-refractivity contribution in [1.82, 2.24) is 20.8 Å². The molecule has 1 aliphatic heterocycles. The smallest absolute Gasteiger partial charge is 0.397 e. The zero-order valence-electron chi connectivity index (χ0n) is 11.5. The van der Waals surface area contributed by atoms with Crippen LogP contribution < -0.4 is 16.6 Å². The molecule has 0 amide bonds. The van der Waals surface area contributed by atoms with Gasteiger partial charge in [-0.3, -0.25) is 20.8 Å². The first kappa shape index (κ1) is 14.8. The van der Waals surface area contributed by atoms with Gasteiger partial charge in [0.25, 0.3) is 0 Å². The number of hydrazine groups is 1. The van der Waals surface area contributed by atoms with Crippen molar-refractivity contribution in [3.8, 4) is 0 Å². The number of nitrogens with zero attached hydrogens (tertiary/aromatic N) is 4. The maximum absolute atomic E-state index is 12.5. The Hall–Kier alpha value is -3.17. The maximum atomic E-state index is 12.5. The lowest BCUT2D eigenvalue weighted by Crippen LogP contribution is -2.45. The number of hydrogen-bond donors (Lipinski definition) is 3. The topological polar surface area (TPSA) is 101 Å². The number of nitrogens with one attached hydrogen (secondary N) is 2. The molecule has 0 atom stereocenters. The molecular formula is C13H10F3N7. The third-order valence-corrected chi connectivity index (χ3v) is 2.91. The van der Waals surface area contributed by atoms with Gasteiger partial charge in [0, 0.05) is 6.20 Å². The number of hydrogen-bond acceptors (Lipinski definition) is 7. The number of nitrogens with two attached hydrogens (primary N) is 1. The van der Waals surface area contributed by atoms with E-state index >= 15 is 0 Å². The van der Waals surface area contributed by atoms with Crippen LogP contribution in [0, 0.1) is 0 Å². The summed E-state index contributed by atoms with van der Waals surface area (Å²) >= 11 is 0. The van der Waals surface area contributed by atoms with E-state index in [0.717, 1.165) is 12.3 Å². The summed E-state index contributed by atoms with van der Waals surface area (Å²) < 4.78 is 37.5. The zero-order valence-corrected chi connectivity index (χ0v) is 11.5. The summed E-state index contributed by atoms with van der Waals surface area (Å²) in [6.07, 6.45) is -2.23. The summed E-state index contributed by atoms with van der Waals surface area (Å²) in [6, 6.07) is 5.44. The Balaban J connectivity index is 1.81. The number of amidine groups is 2. The van der Waals surface area contributed by atoms with Gasteiger partial charge in [-0.15, -0.1) is 10.2 Å². The Morgan fingerprint density at radius 2 is 1.39 bits per heavy atom. The minimum atomic E-state index is -4.43. The van der Waals surface area contributed by atoms with Gasteiger partial charge in [-0.2, -0.15) is 13.2 Å². The molecule has 0 saturated carbocycles. The van der Waals surface area contributed by atoms with E-state index < -0.39 is 11.7 Å². The summed E-state index contributed by atoms with van der Waals surface area (Å²) in [6.45, 7) is 0. The number of halogens is 3. The fourth-order valence-electron chi connectivity index (χ4n) is 1.75.